The second-order valence-corrected chi connectivity index (χ2v) is 1.97. The summed E-state index contributed by atoms with van der Waals surface area (Å²) in [6, 6.07) is 2.78. The van der Waals surface area contributed by atoms with Crippen molar-refractivity contribution in [3.8, 4) is 0 Å². The Bertz CT molecular complexity index is 266. The molecule has 1 rings (SSSR count). The van der Waals surface area contributed by atoms with Gasteiger partial charge in [-0.3, -0.25) is 4.99 Å². The summed E-state index contributed by atoms with van der Waals surface area (Å²) in [4.78, 5) is 7.42. The molecular formula is C7H8FN3. The van der Waals surface area contributed by atoms with Crippen molar-refractivity contribution in [2.24, 2.45) is 10.7 Å². The van der Waals surface area contributed by atoms with Gasteiger partial charge in [0.1, 0.15) is 17.3 Å². The standard InChI is InChI=1S/C7H8FN3/c1-10-7(9)6-3-2-5(8)4-11-6/h2-4H,1H3,(H2,9,10). The molecule has 0 amide bonds. The highest BCUT2D eigenvalue weighted by molar-refractivity contribution is 5.95. The fraction of sp³-hybridized carbons (Fsp3) is 0.143. The van der Waals surface area contributed by atoms with Crippen molar-refractivity contribution in [3.63, 3.8) is 0 Å². The molecular weight excluding hydrogens is 145 g/mol. The van der Waals surface area contributed by atoms with E-state index in [-0.39, 0.29) is 5.82 Å². The van der Waals surface area contributed by atoms with Gasteiger partial charge in [-0.1, -0.05) is 0 Å². The molecule has 0 saturated heterocycles. The summed E-state index contributed by atoms with van der Waals surface area (Å²) in [5, 5.41) is 0. The number of aliphatic imine (C=N–C) groups is 1. The van der Waals surface area contributed by atoms with Crippen LogP contribution in [-0.4, -0.2) is 17.9 Å². The molecule has 2 N–H and O–H groups in total. The van der Waals surface area contributed by atoms with E-state index in [1.54, 1.807) is 7.05 Å². The molecule has 1 aromatic rings. The van der Waals surface area contributed by atoms with Crippen molar-refractivity contribution in [1.82, 2.24) is 4.98 Å². The zero-order chi connectivity index (χ0) is 8.27. The number of halogens is 1. The lowest BCUT2D eigenvalue weighted by atomic mass is 10.3. The average molecular weight is 153 g/mol. The zero-order valence-electron chi connectivity index (χ0n) is 6.08. The van der Waals surface area contributed by atoms with Crippen LogP contribution in [0.4, 0.5) is 4.39 Å². The number of nitrogens with two attached hydrogens (primary N) is 1. The molecule has 1 heterocycles. The summed E-state index contributed by atoms with van der Waals surface area (Å²) >= 11 is 0. The van der Waals surface area contributed by atoms with Gasteiger partial charge < -0.3 is 5.73 Å². The first-order valence-electron chi connectivity index (χ1n) is 3.08. The fourth-order valence-electron chi connectivity index (χ4n) is 0.642. The second kappa shape index (κ2) is 3.09. The van der Waals surface area contributed by atoms with Crippen molar-refractivity contribution in [1.29, 1.82) is 0 Å². The summed E-state index contributed by atoms with van der Waals surface area (Å²) in [5.74, 6) is -0.0670. The Kier molecular flexibility index (Phi) is 2.15. The topological polar surface area (TPSA) is 51.3 Å². The first-order valence-corrected chi connectivity index (χ1v) is 3.08. The van der Waals surface area contributed by atoms with Crippen LogP contribution < -0.4 is 5.73 Å². The van der Waals surface area contributed by atoms with E-state index in [1.807, 2.05) is 0 Å². The third kappa shape index (κ3) is 1.73. The van der Waals surface area contributed by atoms with E-state index in [0.717, 1.165) is 6.20 Å². The third-order valence-electron chi connectivity index (χ3n) is 1.23. The Morgan fingerprint density at radius 1 is 1.64 bits per heavy atom. The van der Waals surface area contributed by atoms with E-state index < -0.39 is 0 Å². The van der Waals surface area contributed by atoms with E-state index in [2.05, 4.69) is 9.98 Å². The SMILES string of the molecule is CN=C(N)c1ccc(F)cn1. The Labute approximate surface area is 63.8 Å². The highest BCUT2D eigenvalue weighted by Crippen LogP contribution is 1.96. The van der Waals surface area contributed by atoms with Crippen molar-refractivity contribution in [3.05, 3.63) is 29.8 Å². The molecule has 0 spiro atoms. The van der Waals surface area contributed by atoms with Crippen molar-refractivity contribution < 1.29 is 4.39 Å². The molecule has 11 heavy (non-hydrogen) atoms. The Morgan fingerprint density at radius 2 is 2.36 bits per heavy atom. The lowest BCUT2D eigenvalue weighted by molar-refractivity contribution is 0.621. The number of pyridine rings is 1. The van der Waals surface area contributed by atoms with Gasteiger partial charge in [0.05, 0.1) is 6.20 Å². The Hall–Kier alpha value is -1.45. The Balaban J connectivity index is 2.99. The molecule has 0 aliphatic rings. The number of rotatable bonds is 1. The van der Waals surface area contributed by atoms with Crippen LogP contribution in [0.5, 0.6) is 0 Å². The van der Waals surface area contributed by atoms with Gasteiger partial charge in [-0.25, -0.2) is 9.37 Å². The molecule has 58 valence electrons. The highest BCUT2D eigenvalue weighted by Gasteiger charge is 1.97. The largest absolute Gasteiger partial charge is 0.382 e. The lowest BCUT2D eigenvalue weighted by Gasteiger charge is -1.96. The van der Waals surface area contributed by atoms with Crippen LogP contribution in [0.1, 0.15) is 5.69 Å². The Morgan fingerprint density at radius 3 is 2.82 bits per heavy atom. The van der Waals surface area contributed by atoms with E-state index in [9.17, 15) is 4.39 Å². The van der Waals surface area contributed by atoms with Gasteiger partial charge in [0.2, 0.25) is 0 Å². The maximum atomic E-state index is 12.3. The van der Waals surface area contributed by atoms with Gasteiger partial charge in [-0.05, 0) is 12.1 Å². The van der Waals surface area contributed by atoms with Gasteiger partial charge >= 0.3 is 0 Å². The zero-order valence-corrected chi connectivity index (χ0v) is 6.08. The number of amidine groups is 1. The maximum absolute atomic E-state index is 12.3. The van der Waals surface area contributed by atoms with E-state index in [1.165, 1.54) is 12.1 Å². The van der Waals surface area contributed by atoms with E-state index in [0.29, 0.717) is 11.5 Å². The molecule has 0 saturated carbocycles. The molecule has 0 fully saturated rings. The predicted octanol–water partition coefficient (Wildman–Crippen LogP) is 0.556. The molecule has 3 nitrogen and oxygen atoms in total. The van der Waals surface area contributed by atoms with Crippen LogP contribution in [-0.2, 0) is 0 Å². The minimum Gasteiger partial charge on any atom is -0.382 e. The van der Waals surface area contributed by atoms with Gasteiger partial charge in [0.15, 0.2) is 0 Å². The highest BCUT2D eigenvalue weighted by atomic mass is 19.1. The summed E-state index contributed by atoms with van der Waals surface area (Å²) in [5.41, 5.74) is 5.90. The van der Waals surface area contributed by atoms with Gasteiger partial charge in [-0.2, -0.15) is 0 Å². The first kappa shape index (κ1) is 7.65. The number of hydrogen-bond acceptors (Lipinski definition) is 2. The number of hydrogen-bond donors (Lipinski definition) is 1. The minimum atomic E-state index is -0.377. The summed E-state index contributed by atoms with van der Waals surface area (Å²) in [6.07, 6.45) is 1.10. The number of aromatic nitrogens is 1. The van der Waals surface area contributed by atoms with Crippen molar-refractivity contribution in [2.45, 2.75) is 0 Å². The summed E-state index contributed by atoms with van der Waals surface area (Å²) < 4.78 is 12.3. The molecule has 0 aromatic carbocycles. The fourth-order valence-corrected chi connectivity index (χ4v) is 0.642. The van der Waals surface area contributed by atoms with Gasteiger partial charge in [0, 0.05) is 7.05 Å². The molecule has 0 unspecified atom stereocenters. The molecule has 0 bridgehead atoms. The quantitative estimate of drug-likeness (QED) is 0.473. The van der Waals surface area contributed by atoms with Gasteiger partial charge in [0.25, 0.3) is 0 Å². The van der Waals surface area contributed by atoms with Crippen LogP contribution in [0.25, 0.3) is 0 Å². The minimum absolute atomic E-state index is 0.310. The molecule has 0 aliphatic carbocycles. The predicted molar refractivity (Wildman–Crippen MR) is 40.8 cm³/mol. The average Bonchev–Trinajstić information content (AvgIpc) is 2.05. The number of nitrogens with zero attached hydrogens (tertiary/aromatic N) is 2. The third-order valence-corrected chi connectivity index (χ3v) is 1.23. The lowest BCUT2D eigenvalue weighted by Crippen LogP contribution is -2.14. The van der Waals surface area contributed by atoms with Crippen LogP contribution >= 0.6 is 0 Å². The molecule has 0 radical (unpaired) electrons. The molecule has 1 aromatic heterocycles. The summed E-state index contributed by atoms with van der Waals surface area (Å²) in [7, 11) is 1.56. The summed E-state index contributed by atoms with van der Waals surface area (Å²) in [6.45, 7) is 0. The van der Waals surface area contributed by atoms with Gasteiger partial charge in [-0.15, -0.1) is 0 Å². The van der Waals surface area contributed by atoms with E-state index >= 15 is 0 Å². The van der Waals surface area contributed by atoms with Crippen LogP contribution in [0.3, 0.4) is 0 Å². The van der Waals surface area contributed by atoms with Crippen LogP contribution in [0.15, 0.2) is 23.3 Å². The smallest absolute Gasteiger partial charge is 0.144 e. The molecule has 0 aliphatic heterocycles. The maximum Gasteiger partial charge on any atom is 0.144 e. The van der Waals surface area contributed by atoms with E-state index in [4.69, 9.17) is 5.73 Å². The molecule has 0 atom stereocenters. The monoisotopic (exact) mass is 153 g/mol. The van der Waals surface area contributed by atoms with Crippen LogP contribution in [0, 0.1) is 5.82 Å². The normalized spacial score (nSPS) is 11.6. The first-order chi connectivity index (χ1) is 5.24. The molecule has 4 heteroatoms. The van der Waals surface area contributed by atoms with Crippen LogP contribution in [0.2, 0.25) is 0 Å². The second-order valence-electron chi connectivity index (χ2n) is 1.97. The van der Waals surface area contributed by atoms with Crippen molar-refractivity contribution >= 4 is 5.84 Å². The van der Waals surface area contributed by atoms with Crippen molar-refractivity contribution in [2.75, 3.05) is 7.05 Å².